The van der Waals surface area contributed by atoms with Crippen molar-refractivity contribution < 1.29 is 14.3 Å². The first-order chi connectivity index (χ1) is 8.08. The van der Waals surface area contributed by atoms with E-state index in [1.54, 1.807) is 0 Å². The molecular weight excluding hydrogens is 220 g/mol. The van der Waals surface area contributed by atoms with Gasteiger partial charge in [0.15, 0.2) is 0 Å². The fourth-order valence-corrected chi connectivity index (χ4v) is 2.30. The second-order valence-corrected chi connectivity index (χ2v) is 5.39. The van der Waals surface area contributed by atoms with Crippen molar-refractivity contribution in [3.8, 4) is 0 Å². The minimum absolute atomic E-state index is 0.177. The fourth-order valence-electron chi connectivity index (χ4n) is 2.30. The lowest BCUT2D eigenvalue weighted by molar-refractivity contribution is -0.0816. The van der Waals surface area contributed by atoms with E-state index in [1.165, 1.54) is 0 Å². The number of hydrogen-bond donors (Lipinski definition) is 0. The zero-order valence-electron chi connectivity index (χ0n) is 10.9. The molecular formula is C12H22N2O3. The lowest BCUT2D eigenvalue weighted by atomic mass is 10.1. The van der Waals surface area contributed by atoms with E-state index in [2.05, 4.69) is 11.9 Å². The maximum atomic E-state index is 11.9. The number of amides is 1. The molecule has 2 heterocycles. The summed E-state index contributed by atoms with van der Waals surface area (Å²) in [4.78, 5) is 16.0. The Morgan fingerprint density at radius 2 is 1.94 bits per heavy atom. The summed E-state index contributed by atoms with van der Waals surface area (Å²) in [5.74, 6) is 0.384. The third-order valence-corrected chi connectivity index (χ3v) is 3.43. The summed E-state index contributed by atoms with van der Waals surface area (Å²) < 4.78 is 10.8. The number of likely N-dealkylation sites (N-methyl/N-ethyl adjacent to an activating group) is 1. The number of hydrogen-bond acceptors (Lipinski definition) is 4. The van der Waals surface area contributed by atoms with Crippen LogP contribution >= 0.6 is 0 Å². The molecule has 98 valence electrons. The number of fused-ring (bicyclic) bond motifs is 2. The molecule has 5 nitrogen and oxygen atoms in total. The van der Waals surface area contributed by atoms with E-state index in [4.69, 9.17) is 9.47 Å². The van der Waals surface area contributed by atoms with E-state index in [1.807, 2.05) is 18.7 Å². The van der Waals surface area contributed by atoms with Gasteiger partial charge < -0.3 is 14.4 Å². The molecule has 2 unspecified atom stereocenters. The van der Waals surface area contributed by atoms with Crippen LogP contribution in [-0.4, -0.2) is 67.9 Å². The predicted octanol–water partition coefficient (Wildman–Crippen LogP) is 0.794. The second-order valence-electron chi connectivity index (χ2n) is 5.39. The quantitative estimate of drug-likeness (QED) is 0.718. The van der Waals surface area contributed by atoms with Gasteiger partial charge >= 0.3 is 6.09 Å². The molecule has 5 heteroatoms. The molecule has 2 fully saturated rings. The Kier molecular flexibility index (Phi) is 3.89. The Bertz CT molecular complexity index is 269. The lowest BCUT2D eigenvalue weighted by Gasteiger charge is -2.47. The maximum absolute atomic E-state index is 11.9. The zero-order valence-corrected chi connectivity index (χ0v) is 10.9. The predicted molar refractivity (Wildman–Crippen MR) is 63.9 cm³/mol. The molecule has 1 amide bonds. The summed E-state index contributed by atoms with van der Waals surface area (Å²) >= 11 is 0. The Labute approximate surface area is 103 Å². The van der Waals surface area contributed by atoms with Gasteiger partial charge in [0.1, 0.15) is 0 Å². The number of morpholine rings is 1. The Hall–Kier alpha value is -0.810. The van der Waals surface area contributed by atoms with Crippen LogP contribution in [0.15, 0.2) is 0 Å². The maximum Gasteiger partial charge on any atom is 0.409 e. The molecule has 0 saturated carbocycles. The van der Waals surface area contributed by atoms with E-state index >= 15 is 0 Å². The van der Waals surface area contributed by atoms with Gasteiger partial charge in [-0.05, 0) is 13.0 Å². The van der Waals surface area contributed by atoms with Crippen molar-refractivity contribution in [2.24, 2.45) is 5.92 Å². The second kappa shape index (κ2) is 5.23. The van der Waals surface area contributed by atoms with Crippen molar-refractivity contribution in [2.75, 3.05) is 40.0 Å². The Morgan fingerprint density at radius 1 is 1.35 bits per heavy atom. The van der Waals surface area contributed by atoms with E-state index in [0.29, 0.717) is 50.9 Å². The molecule has 17 heavy (non-hydrogen) atoms. The van der Waals surface area contributed by atoms with Crippen molar-refractivity contribution in [3.05, 3.63) is 0 Å². The number of carbonyl (C=O) groups excluding carboxylic acids is 1. The number of ether oxygens (including phenoxy) is 2. The van der Waals surface area contributed by atoms with Crippen molar-refractivity contribution in [1.82, 2.24) is 9.80 Å². The number of piperazine rings is 1. The van der Waals surface area contributed by atoms with Gasteiger partial charge in [-0.1, -0.05) is 13.8 Å². The smallest absolute Gasteiger partial charge is 0.409 e. The summed E-state index contributed by atoms with van der Waals surface area (Å²) in [6.07, 6.45) is -0.177. The molecule has 0 spiro atoms. The molecule has 0 aromatic carbocycles. The van der Waals surface area contributed by atoms with E-state index in [-0.39, 0.29) is 6.09 Å². The van der Waals surface area contributed by atoms with Gasteiger partial charge in [0, 0.05) is 13.1 Å². The average Bonchev–Trinajstić information content (AvgIpc) is 2.25. The fraction of sp³-hybridized carbons (Fsp3) is 0.917. The van der Waals surface area contributed by atoms with Crippen LogP contribution in [0.1, 0.15) is 13.8 Å². The van der Waals surface area contributed by atoms with Crippen LogP contribution in [0, 0.1) is 5.92 Å². The van der Waals surface area contributed by atoms with Crippen molar-refractivity contribution >= 4 is 6.09 Å². The molecule has 2 saturated heterocycles. The van der Waals surface area contributed by atoms with Gasteiger partial charge in [-0.25, -0.2) is 4.79 Å². The third-order valence-electron chi connectivity index (χ3n) is 3.43. The van der Waals surface area contributed by atoms with Crippen LogP contribution < -0.4 is 0 Å². The first-order valence-corrected chi connectivity index (χ1v) is 6.29. The van der Waals surface area contributed by atoms with Gasteiger partial charge in [-0.15, -0.1) is 0 Å². The first-order valence-electron chi connectivity index (χ1n) is 6.29. The van der Waals surface area contributed by atoms with Crippen LogP contribution in [-0.2, 0) is 9.47 Å². The highest BCUT2D eigenvalue weighted by Crippen LogP contribution is 2.19. The van der Waals surface area contributed by atoms with Gasteiger partial charge in [-0.3, -0.25) is 4.90 Å². The molecule has 2 aliphatic heterocycles. The van der Waals surface area contributed by atoms with Crippen LogP contribution in [0.4, 0.5) is 4.79 Å². The Balaban J connectivity index is 1.88. The van der Waals surface area contributed by atoms with Crippen molar-refractivity contribution in [1.29, 1.82) is 0 Å². The summed E-state index contributed by atoms with van der Waals surface area (Å²) in [6.45, 7) is 7.42. The van der Waals surface area contributed by atoms with Gasteiger partial charge in [-0.2, -0.15) is 0 Å². The minimum atomic E-state index is -0.177. The number of rotatable bonds is 2. The highest BCUT2D eigenvalue weighted by Gasteiger charge is 2.37. The molecule has 0 aromatic heterocycles. The van der Waals surface area contributed by atoms with Gasteiger partial charge in [0.05, 0.1) is 31.9 Å². The van der Waals surface area contributed by atoms with Crippen LogP contribution in [0.3, 0.4) is 0 Å². The van der Waals surface area contributed by atoms with E-state index < -0.39 is 0 Å². The highest BCUT2D eigenvalue weighted by molar-refractivity contribution is 5.68. The van der Waals surface area contributed by atoms with Crippen LogP contribution in [0.25, 0.3) is 0 Å². The van der Waals surface area contributed by atoms with E-state index in [9.17, 15) is 4.79 Å². The lowest BCUT2D eigenvalue weighted by Crippen LogP contribution is -2.64. The summed E-state index contributed by atoms with van der Waals surface area (Å²) in [7, 11) is 2.11. The highest BCUT2D eigenvalue weighted by atomic mass is 16.6. The summed E-state index contributed by atoms with van der Waals surface area (Å²) in [5.41, 5.74) is 0. The number of nitrogens with zero attached hydrogens (tertiary/aromatic N) is 2. The molecule has 0 N–H and O–H groups in total. The van der Waals surface area contributed by atoms with Crippen LogP contribution in [0.5, 0.6) is 0 Å². The molecule has 0 aliphatic carbocycles. The largest absolute Gasteiger partial charge is 0.449 e. The molecule has 2 atom stereocenters. The van der Waals surface area contributed by atoms with Crippen LogP contribution in [0.2, 0.25) is 0 Å². The third kappa shape index (κ3) is 2.90. The molecule has 2 bridgehead atoms. The minimum Gasteiger partial charge on any atom is -0.449 e. The monoisotopic (exact) mass is 242 g/mol. The molecule has 0 radical (unpaired) electrons. The van der Waals surface area contributed by atoms with Gasteiger partial charge in [0.2, 0.25) is 0 Å². The molecule has 2 rings (SSSR count). The Morgan fingerprint density at radius 3 is 2.47 bits per heavy atom. The van der Waals surface area contributed by atoms with Crippen molar-refractivity contribution in [2.45, 2.75) is 25.9 Å². The number of carbonyl (C=O) groups is 1. The standard InChI is InChI=1S/C12H22N2O3/c1-9(2)6-17-12(15)14-4-10-7-16-8-11(5-14)13(10)3/h9-11H,4-8H2,1-3H3. The van der Waals surface area contributed by atoms with Gasteiger partial charge in [0.25, 0.3) is 0 Å². The average molecular weight is 242 g/mol. The normalized spacial score (nSPS) is 29.5. The first kappa shape index (κ1) is 12.6. The summed E-state index contributed by atoms with van der Waals surface area (Å²) in [6, 6.07) is 0.628. The summed E-state index contributed by atoms with van der Waals surface area (Å²) in [5, 5.41) is 0. The molecule has 2 aliphatic rings. The SMILES string of the molecule is CC(C)COC(=O)N1CC2COCC(C1)N2C. The molecule has 0 aromatic rings. The zero-order chi connectivity index (χ0) is 12.4. The van der Waals surface area contributed by atoms with Crippen molar-refractivity contribution in [3.63, 3.8) is 0 Å². The van der Waals surface area contributed by atoms with E-state index in [0.717, 1.165) is 0 Å². The topological polar surface area (TPSA) is 42.0 Å².